The van der Waals surface area contributed by atoms with Gasteiger partial charge in [-0.1, -0.05) is 66.7 Å². The molecule has 4 aromatic rings. The third kappa shape index (κ3) is 4.30. The smallest absolute Gasteiger partial charge is 0.308 e. The van der Waals surface area contributed by atoms with Crippen molar-refractivity contribution in [1.29, 1.82) is 0 Å². The van der Waals surface area contributed by atoms with Gasteiger partial charge < -0.3 is 10.6 Å². The quantitative estimate of drug-likeness (QED) is 0.367. The van der Waals surface area contributed by atoms with Gasteiger partial charge in [-0.15, -0.1) is 11.8 Å². The van der Waals surface area contributed by atoms with Crippen LogP contribution in [0.5, 0.6) is 0 Å². The van der Waals surface area contributed by atoms with E-state index in [-0.39, 0.29) is 17.3 Å². The van der Waals surface area contributed by atoms with Crippen LogP contribution in [0.2, 0.25) is 0 Å². The average Bonchev–Trinajstić information content (AvgIpc) is 3.21. The largest absolute Gasteiger partial charge is 0.323 e. The summed E-state index contributed by atoms with van der Waals surface area (Å²) in [5.41, 5.74) is 4.48. The van der Waals surface area contributed by atoms with Gasteiger partial charge in [-0.05, 0) is 47.7 Å². The molecular formula is C27H23N3O2S. The fraction of sp³-hybridized carbons (Fsp3) is 0.111. The number of carbonyl (C=O) groups is 2. The van der Waals surface area contributed by atoms with Gasteiger partial charge in [0.05, 0.1) is 11.4 Å². The lowest BCUT2D eigenvalue weighted by Crippen LogP contribution is -2.28. The van der Waals surface area contributed by atoms with Gasteiger partial charge in [0.2, 0.25) is 5.91 Å². The van der Waals surface area contributed by atoms with Crippen LogP contribution in [0.3, 0.4) is 0 Å². The molecule has 1 heterocycles. The second kappa shape index (κ2) is 9.00. The van der Waals surface area contributed by atoms with Gasteiger partial charge in [0.15, 0.2) is 0 Å². The predicted octanol–water partition coefficient (Wildman–Crippen LogP) is 6.57. The predicted molar refractivity (Wildman–Crippen MR) is 137 cm³/mol. The molecule has 33 heavy (non-hydrogen) atoms. The summed E-state index contributed by atoms with van der Waals surface area (Å²) in [5, 5.41) is 7.81. The van der Waals surface area contributed by atoms with Crippen molar-refractivity contribution in [2.75, 3.05) is 21.3 Å². The van der Waals surface area contributed by atoms with E-state index in [1.165, 1.54) is 0 Å². The number of aryl methyl sites for hydroxylation is 1. The van der Waals surface area contributed by atoms with E-state index in [2.05, 4.69) is 10.6 Å². The summed E-state index contributed by atoms with van der Waals surface area (Å²) in [6, 6.07) is 29.1. The number of hydrogen-bond donors (Lipinski definition) is 2. The van der Waals surface area contributed by atoms with Gasteiger partial charge >= 0.3 is 6.03 Å². The molecule has 0 radical (unpaired) electrons. The van der Waals surface area contributed by atoms with Crippen molar-refractivity contribution in [1.82, 2.24) is 0 Å². The Hall–Kier alpha value is -3.77. The van der Waals surface area contributed by atoms with Crippen molar-refractivity contribution in [3.63, 3.8) is 0 Å². The van der Waals surface area contributed by atoms with Crippen LogP contribution in [0.25, 0.3) is 10.8 Å². The van der Waals surface area contributed by atoms with E-state index < -0.39 is 0 Å². The Morgan fingerprint density at radius 3 is 2.42 bits per heavy atom. The number of carbonyl (C=O) groups excluding carboxylic acids is 2. The third-order valence-corrected chi connectivity index (χ3v) is 6.95. The van der Waals surface area contributed by atoms with Gasteiger partial charge in [0.1, 0.15) is 5.37 Å². The van der Waals surface area contributed by atoms with Crippen LogP contribution < -0.4 is 15.5 Å². The molecule has 5 nitrogen and oxygen atoms in total. The lowest BCUT2D eigenvalue weighted by atomic mass is 10.1. The Balaban J connectivity index is 1.31. The van der Waals surface area contributed by atoms with Crippen LogP contribution in [0.4, 0.5) is 21.9 Å². The minimum absolute atomic E-state index is 0.0860. The minimum atomic E-state index is -0.300. The van der Waals surface area contributed by atoms with E-state index in [4.69, 9.17) is 0 Å². The van der Waals surface area contributed by atoms with Gasteiger partial charge in [-0.25, -0.2) is 4.79 Å². The molecule has 1 atom stereocenters. The summed E-state index contributed by atoms with van der Waals surface area (Å²) < 4.78 is 0. The number of fused-ring (bicyclic) bond motifs is 1. The highest BCUT2D eigenvalue weighted by molar-refractivity contribution is 8.00. The summed E-state index contributed by atoms with van der Waals surface area (Å²) in [5.74, 6) is 0.558. The molecule has 0 saturated carbocycles. The maximum absolute atomic E-state index is 12.6. The summed E-state index contributed by atoms with van der Waals surface area (Å²) in [4.78, 5) is 27.1. The van der Waals surface area contributed by atoms with E-state index in [0.29, 0.717) is 11.4 Å². The lowest BCUT2D eigenvalue weighted by molar-refractivity contribution is -0.115. The average molecular weight is 454 g/mol. The Labute approximate surface area is 196 Å². The normalized spacial score (nSPS) is 15.6. The summed E-state index contributed by atoms with van der Waals surface area (Å²) in [6.07, 6.45) is 0. The maximum atomic E-state index is 12.6. The van der Waals surface area contributed by atoms with Crippen LogP contribution in [0.1, 0.15) is 16.5 Å². The molecule has 4 aromatic carbocycles. The molecule has 5 rings (SSSR count). The topological polar surface area (TPSA) is 61.4 Å². The van der Waals surface area contributed by atoms with Crippen LogP contribution in [0.15, 0.2) is 91.0 Å². The number of rotatable bonds is 4. The number of thioether (sulfide) groups is 1. The number of nitrogens with one attached hydrogen (secondary N) is 2. The standard InChI is InChI=1S/C27H23N3O2S/c1-18-7-2-5-12-24(18)30-25(31)17-33-26(30)20-13-15-21(16-14-20)28-27(32)29-23-11-6-9-19-8-3-4-10-22(19)23/h2-16,26H,17H2,1H3,(H2,28,29,32)/t26-/m1/s1. The minimum Gasteiger partial charge on any atom is -0.308 e. The molecule has 0 unspecified atom stereocenters. The number of anilines is 3. The molecule has 164 valence electrons. The molecular weight excluding hydrogens is 430 g/mol. The van der Waals surface area contributed by atoms with Crippen molar-refractivity contribution in [3.05, 3.63) is 102 Å². The van der Waals surface area contributed by atoms with Gasteiger partial charge in [-0.3, -0.25) is 9.69 Å². The van der Waals surface area contributed by atoms with E-state index in [1.807, 2.05) is 103 Å². The molecule has 2 N–H and O–H groups in total. The molecule has 1 fully saturated rings. The number of hydrogen-bond acceptors (Lipinski definition) is 3. The molecule has 0 aromatic heterocycles. The Morgan fingerprint density at radius 1 is 0.879 bits per heavy atom. The molecule has 1 aliphatic rings. The summed E-state index contributed by atoms with van der Waals surface area (Å²) >= 11 is 1.61. The number of amides is 3. The zero-order valence-electron chi connectivity index (χ0n) is 18.1. The fourth-order valence-electron chi connectivity index (χ4n) is 4.11. The van der Waals surface area contributed by atoms with Crippen molar-refractivity contribution in [3.8, 4) is 0 Å². The molecule has 0 spiro atoms. The highest BCUT2D eigenvalue weighted by Gasteiger charge is 2.34. The first-order valence-corrected chi connectivity index (χ1v) is 11.8. The molecule has 0 bridgehead atoms. The number of nitrogens with zero attached hydrogens (tertiary/aromatic N) is 1. The van der Waals surface area contributed by atoms with E-state index in [0.717, 1.165) is 33.3 Å². The van der Waals surface area contributed by atoms with Crippen molar-refractivity contribution in [2.24, 2.45) is 0 Å². The first-order valence-electron chi connectivity index (χ1n) is 10.8. The third-order valence-electron chi connectivity index (χ3n) is 5.73. The van der Waals surface area contributed by atoms with Crippen LogP contribution in [0, 0.1) is 6.92 Å². The van der Waals surface area contributed by atoms with Gasteiger partial charge in [0.25, 0.3) is 0 Å². The first kappa shape index (κ1) is 21.1. The molecule has 1 aliphatic heterocycles. The maximum Gasteiger partial charge on any atom is 0.323 e. The highest BCUT2D eigenvalue weighted by atomic mass is 32.2. The second-order valence-electron chi connectivity index (χ2n) is 7.94. The number of urea groups is 1. The number of benzene rings is 4. The number of para-hydroxylation sites is 1. The zero-order chi connectivity index (χ0) is 22.8. The zero-order valence-corrected chi connectivity index (χ0v) is 18.9. The molecule has 1 saturated heterocycles. The SMILES string of the molecule is Cc1ccccc1N1C(=O)CS[C@@H]1c1ccc(NC(=O)Nc2cccc3ccccc23)cc1. The van der Waals surface area contributed by atoms with Crippen LogP contribution >= 0.6 is 11.8 Å². The van der Waals surface area contributed by atoms with Crippen molar-refractivity contribution < 1.29 is 9.59 Å². The Morgan fingerprint density at radius 2 is 1.61 bits per heavy atom. The summed E-state index contributed by atoms with van der Waals surface area (Å²) in [7, 11) is 0. The summed E-state index contributed by atoms with van der Waals surface area (Å²) in [6.45, 7) is 2.02. The van der Waals surface area contributed by atoms with Gasteiger partial charge in [-0.2, -0.15) is 0 Å². The van der Waals surface area contributed by atoms with Crippen LogP contribution in [-0.2, 0) is 4.79 Å². The monoisotopic (exact) mass is 453 g/mol. The lowest BCUT2D eigenvalue weighted by Gasteiger charge is -2.26. The van der Waals surface area contributed by atoms with E-state index >= 15 is 0 Å². The van der Waals surface area contributed by atoms with Crippen molar-refractivity contribution in [2.45, 2.75) is 12.3 Å². The Bertz CT molecular complexity index is 1330. The molecule has 6 heteroatoms. The first-order chi connectivity index (χ1) is 16.1. The highest BCUT2D eigenvalue weighted by Crippen LogP contribution is 2.42. The van der Waals surface area contributed by atoms with E-state index in [1.54, 1.807) is 11.8 Å². The van der Waals surface area contributed by atoms with Crippen molar-refractivity contribution >= 4 is 51.5 Å². The fourth-order valence-corrected chi connectivity index (χ4v) is 5.28. The molecule has 0 aliphatic carbocycles. The van der Waals surface area contributed by atoms with Gasteiger partial charge in [0, 0.05) is 16.8 Å². The second-order valence-corrected chi connectivity index (χ2v) is 9.01. The van der Waals surface area contributed by atoms with Crippen LogP contribution in [-0.4, -0.2) is 17.7 Å². The Kier molecular flexibility index (Phi) is 5.75. The van der Waals surface area contributed by atoms with E-state index in [9.17, 15) is 9.59 Å². The molecule has 3 amide bonds.